The van der Waals surface area contributed by atoms with Gasteiger partial charge in [0.05, 0.1) is 17.5 Å². The van der Waals surface area contributed by atoms with E-state index < -0.39 is 11.6 Å². The predicted octanol–water partition coefficient (Wildman–Crippen LogP) is 7.45. The van der Waals surface area contributed by atoms with Crippen LogP contribution in [-0.4, -0.2) is 35.5 Å². The highest BCUT2D eigenvalue weighted by Crippen LogP contribution is 2.35. The van der Waals surface area contributed by atoms with E-state index in [1.807, 2.05) is 60.9 Å². The molecule has 0 amide bonds. The van der Waals surface area contributed by atoms with Crippen LogP contribution in [0.15, 0.2) is 88.8 Å². The van der Waals surface area contributed by atoms with Gasteiger partial charge in [-0.25, -0.2) is 18.7 Å². The van der Waals surface area contributed by atoms with Crippen LogP contribution >= 0.6 is 23.9 Å². The molecular formula is C29H25F2N5O2S2. The van der Waals surface area contributed by atoms with E-state index in [0.717, 1.165) is 56.1 Å². The van der Waals surface area contributed by atoms with Gasteiger partial charge < -0.3 is 15.3 Å². The largest absolute Gasteiger partial charge is 0.383 e. The van der Waals surface area contributed by atoms with Crippen molar-refractivity contribution in [2.75, 3.05) is 31.7 Å². The Kier molecular flexibility index (Phi) is 8.36. The summed E-state index contributed by atoms with van der Waals surface area (Å²) in [4.78, 5) is 20.3. The van der Waals surface area contributed by atoms with Crippen LogP contribution in [0.5, 0.6) is 5.88 Å². The summed E-state index contributed by atoms with van der Waals surface area (Å²) >= 11 is 2.61. The van der Waals surface area contributed by atoms with Gasteiger partial charge in [-0.15, -0.1) is 0 Å². The van der Waals surface area contributed by atoms with E-state index in [1.165, 1.54) is 19.2 Å². The van der Waals surface area contributed by atoms with Crippen molar-refractivity contribution in [1.82, 2.24) is 14.3 Å². The minimum absolute atomic E-state index is 0.162. The summed E-state index contributed by atoms with van der Waals surface area (Å²) < 4.78 is 32.5. The Hall–Kier alpha value is -3.90. The van der Waals surface area contributed by atoms with Crippen LogP contribution in [0.3, 0.4) is 0 Å². The molecule has 0 aliphatic rings. The third-order valence-corrected chi connectivity index (χ3v) is 7.53. The van der Waals surface area contributed by atoms with Gasteiger partial charge in [0.25, 0.3) is 5.88 Å². The summed E-state index contributed by atoms with van der Waals surface area (Å²) in [6.07, 6.45) is 1.65. The molecule has 0 aliphatic heterocycles. The van der Waals surface area contributed by atoms with Crippen LogP contribution in [-0.2, 0) is 4.89 Å². The molecule has 0 spiro atoms. The second-order valence-corrected chi connectivity index (χ2v) is 11.1. The lowest BCUT2D eigenvalue weighted by atomic mass is 10.0. The summed E-state index contributed by atoms with van der Waals surface area (Å²) in [5.74, 6) is -0.716. The molecule has 11 heteroatoms. The summed E-state index contributed by atoms with van der Waals surface area (Å²) in [5.41, 5.74) is 11.0. The first-order valence-corrected chi connectivity index (χ1v) is 13.6. The molecule has 2 aromatic heterocycles. The van der Waals surface area contributed by atoms with Crippen molar-refractivity contribution in [1.29, 1.82) is 0 Å². The predicted molar refractivity (Wildman–Crippen MR) is 158 cm³/mol. The maximum Gasteiger partial charge on any atom is 0.280 e. The monoisotopic (exact) mass is 577 g/mol. The van der Waals surface area contributed by atoms with E-state index in [4.69, 9.17) is 15.5 Å². The second kappa shape index (κ2) is 12.1. The van der Waals surface area contributed by atoms with Gasteiger partial charge in [0.1, 0.15) is 23.1 Å². The zero-order valence-electron chi connectivity index (χ0n) is 21.8. The van der Waals surface area contributed by atoms with Crippen LogP contribution in [0.2, 0.25) is 0 Å². The molecule has 0 unspecified atom stereocenters. The lowest BCUT2D eigenvalue weighted by Gasteiger charge is -2.13. The maximum atomic E-state index is 14.2. The number of hydrogen-bond acceptors (Lipinski definition) is 9. The maximum absolute atomic E-state index is 14.2. The number of rotatable bonds is 9. The van der Waals surface area contributed by atoms with Crippen LogP contribution in [0, 0.1) is 11.6 Å². The van der Waals surface area contributed by atoms with E-state index in [-0.39, 0.29) is 10.8 Å². The SMILES string of the molecule is COOc1ncc(-c2ccc3nc(N)c(-c4ccc(SN(C)C)cc4)cc3c2)cc1NSc1ccc(F)cc1F. The molecule has 0 fully saturated rings. The van der Waals surface area contributed by atoms with Crippen LogP contribution < -0.4 is 15.3 Å². The fourth-order valence-corrected chi connectivity index (χ4v) is 5.34. The van der Waals surface area contributed by atoms with Crippen molar-refractivity contribution in [3.63, 3.8) is 0 Å². The Morgan fingerprint density at radius 2 is 1.68 bits per heavy atom. The number of nitrogens with two attached hydrogens (primary N) is 1. The topological polar surface area (TPSA) is 85.5 Å². The van der Waals surface area contributed by atoms with Gasteiger partial charge in [-0.1, -0.05) is 18.2 Å². The number of nitrogens with one attached hydrogen (secondary N) is 1. The summed E-state index contributed by atoms with van der Waals surface area (Å²) in [5, 5.41) is 0.905. The van der Waals surface area contributed by atoms with Crippen LogP contribution in [0.25, 0.3) is 33.2 Å². The third kappa shape index (κ3) is 6.28. The Morgan fingerprint density at radius 1 is 0.900 bits per heavy atom. The molecular weight excluding hydrogens is 552 g/mol. The summed E-state index contributed by atoms with van der Waals surface area (Å²) in [6, 6.07) is 21.2. The number of pyridine rings is 2. The molecule has 0 saturated carbocycles. The number of benzene rings is 3. The number of nitrogens with zero attached hydrogens (tertiary/aromatic N) is 3. The number of nitrogen functional groups attached to an aromatic ring is 1. The molecule has 0 saturated heterocycles. The van der Waals surface area contributed by atoms with Crippen molar-refractivity contribution in [3.8, 4) is 28.1 Å². The van der Waals surface area contributed by atoms with Crippen molar-refractivity contribution in [2.45, 2.75) is 9.79 Å². The number of hydrogen-bond donors (Lipinski definition) is 2. The van der Waals surface area contributed by atoms with E-state index >= 15 is 0 Å². The number of fused-ring (bicyclic) bond motifs is 1. The Labute approximate surface area is 238 Å². The fourth-order valence-electron chi connectivity index (χ4n) is 4.00. The first-order chi connectivity index (χ1) is 19.3. The van der Waals surface area contributed by atoms with Crippen LogP contribution in [0.1, 0.15) is 0 Å². The van der Waals surface area contributed by atoms with Crippen molar-refractivity contribution in [3.05, 3.63) is 90.6 Å². The Morgan fingerprint density at radius 3 is 2.40 bits per heavy atom. The average Bonchev–Trinajstić information content (AvgIpc) is 2.93. The van der Waals surface area contributed by atoms with Gasteiger partial charge in [-0.05, 0) is 97.6 Å². The van der Waals surface area contributed by atoms with Gasteiger partial charge in [0.15, 0.2) is 0 Å². The lowest BCUT2D eigenvalue weighted by Crippen LogP contribution is -2.00. The van der Waals surface area contributed by atoms with Gasteiger partial charge >= 0.3 is 0 Å². The number of aromatic nitrogens is 2. The van der Waals surface area contributed by atoms with Gasteiger partial charge in [0.2, 0.25) is 0 Å². The highest BCUT2D eigenvalue weighted by Gasteiger charge is 2.14. The van der Waals surface area contributed by atoms with Gasteiger partial charge in [-0.3, -0.25) is 4.31 Å². The Balaban J connectivity index is 1.46. The third-order valence-electron chi connectivity index (χ3n) is 5.81. The lowest BCUT2D eigenvalue weighted by molar-refractivity contribution is -0.180. The highest BCUT2D eigenvalue weighted by molar-refractivity contribution is 8.00. The van der Waals surface area contributed by atoms with Crippen LogP contribution in [0.4, 0.5) is 20.3 Å². The normalized spacial score (nSPS) is 11.2. The first-order valence-electron chi connectivity index (χ1n) is 12.1. The quantitative estimate of drug-likeness (QED) is 0.105. The smallest absolute Gasteiger partial charge is 0.280 e. The molecule has 0 bridgehead atoms. The minimum Gasteiger partial charge on any atom is -0.383 e. The van der Waals surface area contributed by atoms with Gasteiger partial charge in [-0.2, -0.15) is 4.89 Å². The first kappa shape index (κ1) is 27.7. The molecule has 0 atom stereocenters. The highest BCUT2D eigenvalue weighted by atomic mass is 32.2. The minimum atomic E-state index is -0.681. The second-order valence-electron chi connectivity index (χ2n) is 8.86. The Bertz CT molecular complexity index is 1670. The fraction of sp³-hybridized carbons (Fsp3) is 0.103. The molecule has 3 aromatic carbocycles. The molecule has 2 heterocycles. The molecule has 7 nitrogen and oxygen atoms in total. The standard InChI is InChI=1S/C29H25F2N5O2S2/c1-36(2)40-22-8-4-17(5-9-22)23-13-19-12-18(6-10-25(19)34-28(23)32)20-14-26(29(33-16-20)38-37-3)35-39-27-11-7-21(30)15-24(27)31/h4-16,35H,1-3H3,(H2,32,34). The zero-order valence-corrected chi connectivity index (χ0v) is 23.4. The van der Waals surface area contributed by atoms with Gasteiger partial charge in [0, 0.05) is 33.7 Å². The van der Waals surface area contributed by atoms with Crippen molar-refractivity contribution >= 4 is 46.3 Å². The number of anilines is 2. The van der Waals surface area contributed by atoms with E-state index in [2.05, 4.69) is 26.8 Å². The summed E-state index contributed by atoms with van der Waals surface area (Å²) in [7, 11) is 5.36. The summed E-state index contributed by atoms with van der Waals surface area (Å²) in [6.45, 7) is 0. The molecule has 5 aromatic rings. The average molecular weight is 578 g/mol. The molecule has 0 aliphatic carbocycles. The van der Waals surface area contributed by atoms with Crippen molar-refractivity contribution in [2.24, 2.45) is 0 Å². The molecule has 204 valence electrons. The molecule has 40 heavy (non-hydrogen) atoms. The number of halogens is 2. The van der Waals surface area contributed by atoms with E-state index in [0.29, 0.717) is 11.5 Å². The molecule has 5 rings (SSSR count). The van der Waals surface area contributed by atoms with Crippen molar-refractivity contribution < 1.29 is 18.6 Å². The molecule has 3 N–H and O–H groups in total. The molecule has 0 radical (unpaired) electrons. The van der Waals surface area contributed by atoms with E-state index in [1.54, 1.807) is 18.1 Å². The zero-order chi connectivity index (χ0) is 28.2. The van der Waals surface area contributed by atoms with E-state index in [9.17, 15) is 8.78 Å².